The summed E-state index contributed by atoms with van der Waals surface area (Å²) in [4.78, 5) is 81.4. The Hall–Kier alpha value is -3.64. The van der Waals surface area contributed by atoms with Crippen molar-refractivity contribution in [2.45, 2.75) is 131 Å². The van der Waals surface area contributed by atoms with Crippen molar-refractivity contribution in [3.8, 4) is 0 Å². The SMILES string of the molecule is C=CCNC(=O)C(=O)C(CCC)NC(=O)C1C[C@@H](C(C)C)CN1C(=O)[C@@H](NC(=O)N[C@H](COC(=O)NCC)C(C)(C)C)C1(C)CCCCC1. The van der Waals surface area contributed by atoms with Gasteiger partial charge in [-0.2, -0.15) is 0 Å². The van der Waals surface area contributed by atoms with Gasteiger partial charge >= 0.3 is 12.1 Å². The van der Waals surface area contributed by atoms with E-state index in [9.17, 15) is 28.8 Å². The molecule has 13 heteroatoms. The van der Waals surface area contributed by atoms with Crippen LogP contribution < -0.4 is 26.6 Å². The number of alkyl carbamates (subject to hydrolysis) is 1. The highest BCUT2D eigenvalue weighted by molar-refractivity contribution is 6.38. The van der Waals surface area contributed by atoms with E-state index in [2.05, 4.69) is 33.2 Å². The van der Waals surface area contributed by atoms with Gasteiger partial charge in [0.05, 0.1) is 12.1 Å². The Bertz CT molecular complexity index is 1180. The second-order valence-corrected chi connectivity index (χ2v) is 15.3. The van der Waals surface area contributed by atoms with Crippen molar-refractivity contribution in [3.05, 3.63) is 12.7 Å². The zero-order chi connectivity index (χ0) is 36.9. The predicted molar refractivity (Wildman–Crippen MR) is 188 cm³/mol. The predicted octanol–water partition coefficient (Wildman–Crippen LogP) is 3.81. The van der Waals surface area contributed by atoms with Crippen LogP contribution in [-0.4, -0.2) is 90.9 Å². The van der Waals surface area contributed by atoms with Crippen LogP contribution in [0.4, 0.5) is 9.59 Å². The molecule has 0 spiro atoms. The van der Waals surface area contributed by atoms with E-state index in [4.69, 9.17) is 4.74 Å². The molecule has 2 rings (SSSR count). The van der Waals surface area contributed by atoms with E-state index in [0.29, 0.717) is 25.9 Å². The van der Waals surface area contributed by atoms with Crippen LogP contribution in [0.2, 0.25) is 0 Å². The van der Waals surface area contributed by atoms with Crippen molar-refractivity contribution < 1.29 is 33.5 Å². The number of nitrogens with zero attached hydrogens (tertiary/aromatic N) is 1. The molecular formula is C36H62N6O7. The largest absolute Gasteiger partial charge is 0.447 e. The molecule has 1 aliphatic heterocycles. The summed E-state index contributed by atoms with van der Waals surface area (Å²) in [5.74, 6) is -2.21. The van der Waals surface area contributed by atoms with Gasteiger partial charge in [-0.15, -0.1) is 6.58 Å². The van der Waals surface area contributed by atoms with Crippen molar-refractivity contribution in [2.24, 2.45) is 22.7 Å². The van der Waals surface area contributed by atoms with E-state index in [1.165, 1.54) is 6.08 Å². The van der Waals surface area contributed by atoms with Gasteiger partial charge < -0.3 is 36.2 Å². The summed E-state index contributed by atoms with van der Waals surface area (Å²) in [6, 6.07) is -3.97. The molecule has 1 aliphatic carbocycles. The normalized spacial score (nSPS) is 20.7. The van der Waals surface area contributed by atoms with E-state index < -0.39 is 64.7 Å². The van der Waals surface area contributed by atoms with Gasteiger partial charge in [0, 0.05) is 19.6 Å². The van der Waals surface area contributed by atoms with Crippen LogP contribution in [0, 0.1) is 22.7 Å². The molecule has 5 atom stereocenters. The van der Waals surface area contributed by atoms with Crippen LogP contribution in [-0.2, 0) is 23.9 Å². The van der Waals surface area contributed by atoms with Gasteiger partial charge in [-0.05, 0) is 55.3 Å². The molecule has 1 heterocycles. The Labute approximate surface area is 292 Å². The van der Waals surface area contributed by atoms with E-state index in [-0.39, 0.29) is 37.3 Å². The lowest BCUT2D eigenvalue weighted by molar-refractivity contribution is -0.144. The Balaban J connectivity index is 2.39. The highest BCUT2D eigenvalue weighted by Gasteiger charge is 2.49. The third-order valence-corrected chi connectivity index (χ3v) is 9.97. The first kappa shape index (κ1) is 41.5. The van der Waals surface area contributed by atoms with Gasteiger partial charge in [0.1, 0.15) is 18.7 Å². The summed E-state index contributed by atoms with van der Waals surface area (Å²) in [5, 5.41) is 13.8. The second kappa shape index (κ2) is 18.9. The van der Waals surface area contributed by atoms with E-state index in [1.54, 1.807) is 11.8 Å². The second-order valence-electron chi connectivity index (χ2n) is 15.3. The molecule has 1 saturated carbocycles. The monoisotopic (exact) mass is 690 g/mol. The fourth-order valence-corrected chi connectivity index (χ4v) is 6.62. The van der Waals surface area contributed by atoms with Gasteiger partial charge in [0.2, 0.25) is 17.6 Å². The van der Waals surface area contributed by atoms with Gasteiger partial charge in [-0.25, -0.2) is 9.59 Å². The molecule has 1 saturated heterocycles. The summed E-state index contributed by atoms with van der Waals surface area (Å²) in [6.45, 7) is 19.8. The first-order valence-corrected chi connectivity index (χ1v) is 18.0. The maximum absolute atomic E-state index is 14.7. The minimum atomic E-state index is -1.04. The third-order valence-electron chi connectivity index (χ3n) is 9.97. The standard InChI is InChI=1S/C36H62N6O7/c1-10-16-25(28(43)31(45)38-19-11-2)39-30(44)26-20-24(23(4)5)21-42(26)32(46)29(36(9)17-14-13-15-18-36)41-33(47)40-27(35(6,7)8)22-49-34(48)37-12-3/h11,23-27,29H,2,10,12-22H2,1,3-9H3,(H,37,48)(H,38,45)(H,39,44)(H2,40,41,47)/t24-,25?,26?,27-,29-/m1/s1. The lowest BCUT2D eigenvalue weighted by atomic mass is 9.70. The molecule has 0 aromatic rings. The first-order chi connectivity index (χ1) is 23.0. The van der Waals surface area contributed by atoms with E-state index in [1.807, 2.05) is 48.5 Å². The molecule has 2 unspecified atom stereocenters. The Kier molecular flexibility index (Phi) is 16.1. The number of ether oxygens (including phenoxy) is 1. The highest BCUT2D eigenvalue weighted by atomic mass is 16.5. The van der Waals surface area contributed by atoms with Crippen molar-refractivity contribution in [2.75, 3.05) is 26.2 Å². The number of carbonyl (C=O) groups is 6. The number of carbonyl (C=O) groups excluding carboxylic acids is 6. The Morgan fingerprint density at radius 2 is 1.63 bits per heavy atom. The maximum Gasteiger partial charge on any atom is 0.407 e. The number of ketones is 1. The zero-order valence-electron chi connectivity index (χ0n) is 31.0. The summed E-state index contributed by atoms with van der Waals surface area (Å²) in [6.07, 6.45) is 6.37. The number of amides is 6. The van der Waals surface area contributed by atoms with Crippen molar-refractivity contribution >= 4 is 35.6 Å². The number of Topliss-reactive ketones (excluding diaryl/α,β-unsaturated/α-hetero) is 1. The number of nitrogens with one attached hydrogen (secondary N) is 5. The average Bonchev–Trinajstić information content (AvgIpc) is 3.50. The Morgan fingerprint density at radius 3 is 2.18 bits per heavy atom. The minimum Gasteiger partial charge on any atom is -0.447 e. The third kappa shape index (κ3) is 12.0. The van der Waals surface area contributed by atoms with Crippen molar-refractivity contribution in [1.82, 2.24) is 31.5 Å². The molecule has 278 valence electrons. The lowest BCUT2D eigenvalue weighted by Crippen LogP contribution is -2.62. The van der Waals surface area contributed by atoms with E-state index in [0.717, 1.165) is 32.1 Å². The van der Waals surface area contributed by atoms with Gasteiger partial charge in [-0.3, -0.25) is 19.2 Å². The highest BCUT2D eigenvalue weighted by Crippen LogP contribution is 2.41. The van der Waals surface area contributed by atoms with Crippen LogP contribution in [0.1, 0.15) is 107 Å². The number of hydrogen-bond acceptors (Lipinski definition) is 7. The number of hydrogen-bond donors (Lipinski definition) is 5. The summed E-state index contributed by atoms with van der Waals surface area (Å²) in [7, 11) is 0. The fourth-order valence-electron chi connectivity index (χ4n) is 6.62. The van der Waals surface area contributed by atoms with Crippen LogP contribution in [0.5, 0.6) is 0 Å². The molecule has 49 heavy (non-hydrogen) atoms. The Morgan fingerprint density at radius 1 is 0.980 bits per heavy atom. The molecule has 2 aliphatic rings. The quantitative estimate of drug-likeness (QED) is 0.121. The zero-order valence-corrected chi connectivity index (χ0v) is 31.0. The molecule has 0 aromatic heterocycles. The molecule has 13 nitrogen and oxygen atoms in total. The number of likely N-dealkylation sites (tertiary alicyclic amines) is 1. The molecular weight excluding hydrogens is 628 g/mol. The smallest absolute Gasteiger partial charge is 0.407 e. The minimum absolute atomic E-state index is 0.0150. The molecule has 6 amide bonds. The summed E-state index contributed by atoms with van der Waals surface area (Å²) in [5.41, 5.74) is -1.04. The lowest BCUT2D eigenvalue weighted by Gasteiger charge is -2.42. The molecule has 5 N–H and O–H groups in total. The maximum atomic E-state index is 14.7. The molecule has 2 fully saturated rings. The summed E-state index contributed by atoms with van der Waals surface area (Å²) < 4.78 is 5.35. The van der Waals surface area contributed by atoms with E-state index >= 15 is 0 Å². The van der Waals surface area contributed by atoms with Crippen molar-refractivity contribution in [3.63, 3.8) is 0 Å². The van der Waals surface area contributed by atoms with Crippen LogP contribution in [0.15, 0.2) is 12.7 Å². The van der Waals surface area contributed by atoms with Gasteiger partial charge in [-0.1, -0.05) is 80.2 Å². The molecule has 0 bridgehead atoms. The summed E-state index contributed by atoms with van der Waals surface area (Å²) >= 11 is 0. The van der Waals surface area contributed by atoms with Gasteiger partial charge in [0.25, 0.3) is 5.91 Å². The fraction of sp³-hybridized carbons (Fsp3) is 0.778. The number of rotatable bonds is 16. The van der Waals surface area contributed by atoms with Crippen LogP contribution >= 0.6 is 0 Å². The van der Waals surface area contributed by atoms with Crippen LogP contribution in [0.3, 0.4) is 0 Å². The molecule has 0 aromatic carbocycles. The van der Waals surface area contributed by atoms with Crippen molar-refractivity contribution in [1.29, 1.82) is 0 Å². The molecule has 0 radical (unpaired) electrons. The number of urea groups is 1. The first-order valence-electron chi connectivity index (χ1n) is 18.0. The topological polar surface area (TPSA) is 175 Å². The average molecular weight is 691 g/mol. The van der Waals surface area contributed by atoms with Gasteiger partial charge in [0.15, 0.2) is 0 Å². The van der Waals surface area contributed by atoms with Crippen LogP contribution in [0.25, 0.3) is 0 Å².